The summed E-state index contributed by atoms with van der Waals surface area (Å²) in [5, 5.41) is 4.61. The summed E-state index contributed by atoms with van der Waals surface area (Å²) in [7, 11) is 1.63. The minimum atomic E-state index is -0.177. The lowest BCUT2D eigenvalue weighted by atomic mass is 10.2. The predicted octanol–water partition coefficient (Wildman–Crippen LogP) is 4.08. The van der Waals surface area contributed by atoms with Gasteiger partial charge < -0.3 is 19.5 Å². The molecule has 1 amide bonds. The van der Waals surface area contributed by atoms with Crippen LogP contribution in [0.3, 0.4) is 0 Å². The third kappa shape index (κ3) is 3.82. The van der Waals surface area contributed by atoms with Gasteiger partial charge in [-0.25, -0.2) is 4.98 Å². The number of hydrogen-bond donors (Lipinski definition) is 2. The molecule has 0 spiro atoms. The lowest BCUT2D eigenvalue weighted by Gasteiger charge is -2.03. The summed E-state index contributed by atoms with van der Waals surface area (Å²) in [6, 6.07) is 12.8. The molecule has 0 bridgehead atoms. The highest BCUT2D eigenvalue weighted by molar-refractivity contribution is 6.31. The van der Waals surface area contributed by atoms with Crippen molar-refractivity contribution in [3.05, 3.63) is 64.6 Å². The van der Waals surface area contributed by atoms with Crippen LogP contribution in [0.1, 0.15) is 21.9 Å². The van der Waals surface area contributed by atoms with Crippen LogP contribution >= 0.6 is 11.6 Å². The summed E-state index contributed by atoms with van der Waals surface area (Å²) >= 11 is 6.01. The first-order chi connectivity index (χ1) is 13.1. The van der Waals surface area contributed by atoms with E-state index in [9.17, 15) is 4.79 Å². The molecule has 0 aliphatic rings. The molecule has 2 aromatic heterocycles. The molecule has 0 atom stereocenters. The average molecular weight is 384 g/mol. The van der Waals surface area contributed by atoms with Crippen LogP contribution in [0.5, 0.6) is 0 Å². The number of rotatable bonds is 6. The van der Waals surface area contributed by atoms with Crippen LogP contribution in [0, 0.1) is 0 Å². The van der Waals surface area contributed by atoms with E-state index in [1.807, 2.05) is 24.3 Å². The minimum absolute atomic E-state index is 0.177. The number of halogens is 1. The van der Waals surface area contributed by atoms with Crippen molar-refractivity contribution in [2.45, 2.75) is 13.0 Å². The number of oxazole rings is 1. The molecule has 0 aliphatic heterocycles. The summed E-state index contributed by atoms with van der Waals surface area (Å²) in [5.74, 6) is 0.421. The van der Waals surface area contributed by atoms with E-state index in [2.05, 4.69) is 15.3 Å². The van der Waals surface area contributed by atoms with Gasteiger partial charge in [0.25, 0.3) is 5.91 Å². The largest absolute Gasteiger partial charge is 0.441 e. The van der Waals surface area contributed by atoms with Gasteiger partial charge in [0.05, 0.1) is 13.2 Å². The van der Waals surface area contributed by atoms with Crippen molar-refractivity contribution in [2.24, 2.45) is 0 Å². The zero-order valence-corrected chi connectivity index (χ0v) is 15.5. The smallest absolute Gasteiger partial charge is 0.251 e. The molecule has 27 heavy (non-hydrogen) atoms. The topological polar surface area (TPSA) is 80.1 Å². The number of aromatic nitrogens is 2. The highest BCUT2D eigenvalue weighted by Gasteiger charge is 2.11. The molecule has 0 saturated heterocycles. The van der Waals surface area contributed by atoms with Crippen molar-refractivity contribution in [1.82, 2.24) is 15.3 Å². The Morgan fingerprint density at radius 2 is 2.15 bits per heavy atom. The zero-order valence-electron chi connectivity index (χ0n) is 14.7. The van der Waals surface area contributed by atoms with Crippen LogP contribution in [0.25, 0.3) is 22.0 Å². The van der Waals surface area contributed by atoms with E-state index in [4.69, 9.17) is 20.8 Å². The number of H-pyrrole nitrogens is 1. The number of methoxy groups -OCH3 is 1. The van der Waals surface area contributed by atoms with Crippen LogP contribution in [-0.2, 0) is 17.7 Å². The van der Waals surface area contributed by atoms with Gasteiger partial charge in [-0.05, 0) is 42.5 Å². The Bertz CT molecular complexity index is 1120. The summed E-state index contributed by atoms with van der Waals surface area (Å²) in [5.41, 5.74) is 3.73. The minimum Gasteiger partial charge on any atom is -0.441 e. The molecule has 2 heterocycles. The van der Waals surface area contributed by atoms with Crippen molar-refractivity contribution in [3.8, 4) is 0 Å². The van der Waals surface area contributed by atoms with Gasteiger partial charge >= 0.3 is 0 Å². The van der Waals surface area contributed by atoms with E-state index in [0.717, 1.165) is 22.1 Å². The second kappa shape index (κ2) is 7.42. The van der Waals surface area contributed by atoms with Gasteiger partial charge in [-0.15, -0.1) is 0 Å². The van der Waals surface area contributed by atoms with Crippen molar-refractivity contribution in [2.75, 3.05) is 13.7 Å². The molecule has 0 saturated carbocycles. The summed E-state index contributed by atoms with van der Waals surface area (Å²) in [6.07, 6.45) is 0.594. The Kier molecular flexibility index (Phi) is 4.83. The molecule has 2 N–H and O–H groups in total. The number of carbonyl (C=O) groups is 1. The molecule has 4 rings (SSSR count). The second-order valence-electron chi connectivity index (χ2n) is 6.24. The number of aromatic amines is 1. The summed E-state index contributed by atoms with van der Waals surface area (Å²) in [4.78, 5) is 20.1. The number of ether oxygens (including phenoxy) is 1. The molecule has 2 aromatic carbocycles. The first-order valence-electron chi connectivity index (χ1n) is 8.56. The van der Waals surface area contributed by atoms with E-state index >= 15 is 0 Å². The van der Waals surface area contributed by atoms with Gasteiger partial charge in [0.1, 0.15) is 5.52 Å². The van der Waals surface area contributed by atoms with Crippen LogP contribution in [0.2, 0.25) is 5.02 Å². The summed E-state index contributed by atoms with van der Waals surface area (Å²) < 4.78 is 10.7. The standard InChI is InChI=1S/C20H18ClN3O3/c1-26-7-6-19-24-17-4-2-12(10-18(17)27-19)20(25)22-11-15-9-13-8-14(21)3-5-16(13)23-15/h2-5,8-10,23H,6-7,11H2,1H3,(H,22,25). The van der Waals surface area contributed by atoms with E-state index in [1.165, 1.54) is 0 Å². The maximum atomic E-state index is 12.5. The lowest BCUT2D eigenvalue weighted by molar-refractivity contribution is 0.0950. The molecule has 0 aliphatic carbocycles. The monoisotopic (exact) mass is 383 g/mol. The predicted molar refractivity (Wildman–Crippen MR) is 104 cm³/mol. The number of carbonyl (C=O) groups excluding carboxylic acids is 1. The first-order valence-corrected chi connectivity index (χ1v) is 8.94. The highest BCUT2D eigenvalue weighted by Crippen LogP contribution is 2.21. The normalized spacial score (nSPS) is 11.3. The fraction of sp³-hybridized carbons (Fsp3) is 0.200. The first kappa shape index (κ1) is 17.6. The van der Waals surface area contributed by atoms with Crippen molar-refractivity contribution < 1.29 is 13.9 Å². The molecule has 0 unspecified atom stereocenters. The molecule has 6 nitrogen and oxygen atoms in total. The van der Waals surface area contributed by atoms with E-state index in [-0.39, 0.29) is 5.91 Å². The Hall–Kier alpha value is -2.83. The van der Waals surface area contributed by atoms with Crippen LogP contribution in [0.4, 0.5) is 0 Å². The number of nitrogens with one attached hydrogen (secondary N) is 2. The van der Waals surface area contributed by atoms with Gasteiger partial charge in [-0.1, -0.05) is 11.6 Å². The fourth-order valence-corrected chi connectivity index (χ4v) is 3.13. The number of nitrogens with zero attached hydrogens (tertiary/aromatic N) is 1. The molecule has 0 radical (unpaired) electrons. The molecular formula is C20H18ClN3O3. The van der Waals surface area contributed by atoms with Gasteiger partial charge in [0, 0.05) is 40.7 Å². The van der Waals surface area contributed by atoms with E-state index < -0.39 is 0 Å². The second-order valence-corrected chi connectivity index (χ2v) is 6.68. The van der Waals surface area contributed by atoms with Crippen molar-refractivity contribution in [3.63, 3.8) is 0 Å². The maximum absolute atomic E-state index is 12.5. The van der Waals surface area contributed by atoms with Gasteiger partial charge in [-0.2, -0.15) is 0 Å². The number of fused-ring (bicyclic) bond motifs is 2. The Balaban J connectivity index is 1.46. The van der Waals surface area contributed by atoms with Gasteiger partial charge in [0.15, 0.2) is 11.5 Å². The Labute approximate surface area is 160 Å². The molecule has 138 valence electrons. The zero-order chi connectivity index (χ0) is 18.8. The SMILES string of the molecule is COCCc1nc2ccc(C(=O)NCc3cc4cc(Cl)ccc4[nH]3)cc2o1. The molecular weight excluding hydrogens is 366 g/mol. The van der Waals surface area contributed by atoms with Crippen molar-refractivity contribution in [1.29, 1.82) is 0 Å². The Morgan fingerprint density at radius 1 is 1.26 bits per heavy atom. The molecule has 7 heteroatoms. The summed E-state index contributed by atoms with van der Waals surface area (Å²) in [6.45, 7) is 0.925. The third-order valence-electron chi connectivity index (χ3n) is 4.29. The lowest BCUT2D eigenvalue weighted by Crippen LogP contribution is -2.22. The molecule has 0 fully saturated rings. The average Bonchev–Trinajstić information content (AvgIpc) is 3.26. The number of benzene rings is 2. The maximum Gasteiger partial charge on any atom is 0.251 e. The van der Waals surface area contributed by atoms with E-state index in [1.54, 1.807) is 25.3 Å². The molecule has 4 aromatic rings. The van der Waals surface area contributed by atoms with Gasteiger partial charge in [-0.3, -0.25) is 4.79 Å². The Morgan fingerprint density at radius 3 is 3.00 bits per heavy atom. The third-order valence-corrected chi connectivity index (χ3v) is 4.53. The van der Waals surface area contributed by atoms with Crippen LogP contribution < -0.4 is 5.32 Å². The van der Waals surface area contributed by atoms with E-state index in [0.29, 0.717) is 41.6 Å². The number of hydrogen-bond acceptors (Lipinski definition) is 4. The quantitative estimate of drug-likeness (QED) is 0.525. The van der Waals surface area contributed by atoms with Crippen LogP contribution in [-0.4, -0.2) is 29.6 Å². The fourth-order valence-electron chi connectivity index (χ4n) is 2.95. The number of amides is 1. The van der Waals surface area contributed by atoms with Gasteiger partial charge in [0.2, 0.25) is 0 Å². The van der Waals surface area contributed by atoms with Crippen LogP contribution in [0.15, 0.2) is 46.9 Å². The van der Waals surface area contributed by atoms with Crippen molar-refractivity contribution >= 4 is 39.5 Å². The highest BCUT2D eigenvalue weighted by atomic mass is 35.5.